The quantitative estimate of drug-likeness (QED) is 0.746. The van der Waals surface area contributed by atoms with Gasteiger partial charge < -0.3 is 9.88 Å². The zero-order valence-electron chi connectivity index (χ0n) is 14.3. The number of rotatable bonds is 3. The average molecular weight is 391 g/mol. The number of aromatic nitrogens is 2. The number of halogens is 1. The molecule has 6 nitrogen and oxygen atoms in total. The van der Waals surface area contributed by atoms with Crippen LogP contribution in [0.5, 0.6) is 0 Å². The number of nitrogens with one attached hydrogen (secondary N) is 1. The molecule has 0 radical (unpaired) electrons. The summed E-state index contributed by atoms with van der Waals surface area (Å²) in [5.41, 5.74) is 3.00. The van der Waals surface area contributed by atoms with E-state index in [9.17, 15) is 8.42 Å². The molecule has 2 aromatic carbocycles. The molecule has 2 heterocycles. The van der Waals surface area contributed by atoms with Crippen LogP contribution in [0.1, 0.15) is 5.82 Å². The number of anilines is 1. The van der Waals surface area contributed by atoms with Crippen LogP contribution in [0.25, 0.3) is 11.0 Å². The fourth-order valence-corrected chi connectivity index (χ4v) is 5.01. The van der Waals surface area contributed by atoms with E-state index >= 15 is 0 Å². The molecule has 1 saturated heterocycles. The van der Waals surface area contributed by atoms with Crippen LogP contribution in [0, 0.1) is 6.92 Å². The van der Waals surface area contributed by atoms with Gasteiger partial charge in [-0.25, -0.2) is 13.4 Å². The van der Waals surface area contributed by atoms with Gasteiger partial charge in [-0.15, -0.1) is 0 Å². The molecule has 1 N–H and O–H groups in total. The number of fused-ring (bicyclic) bond motifs is 1. The summed E-state index contributed by atoms with van der Waals surface area (Å²) in [4.78, 5) is 10.1. The van der Waals surface area contributed by atoms with Gasteiger partial charge in [-0.1, -0.05) is 17.7 Å². The summed E-state index contributed by atoms with van der Waals surface area (Å²) in [7, 11) is -3.52. The van der Waals surface area contributed by atoms with Gasteiger partial charge >= 0.3 is 0 Å². The molecule has 1 aliphatic heterocycles. The monoisotopic (exact) mass is 390 g/mol. The van der Waals surface area contributed by atoms with E-state index in [0.717, 1.165) is 22.5 Å². The van der Waals surface area contributed by atoms with Crippen molar-refractivity contribution < 1.29 is 8.42 Å². The molecule has 26 heavy (non-hydrogen) atoms. The highest BCUT2D eigenvalue weighted by Crippen LogP contribution is 2.25. The van der Waals surface area contributed by atoms with Crippen molar-refractivity contribution in [1.82, 2.24) is 14.3 Å². The van der Waals surface area contributed by atoms with Gasteiger partial charge in [0.15, 0.2) is 0 Å². The Hall–Kier alpha value is -2.09. The van der Waals surface area contributed by atoms with Gasteiger partial charge in [-0.3, -0.25) is 0 Å². The summed E-state index contributed by atoms with van der Waals surface area (Å²) in [6.45, 7) is 4.08. The number of aryl methyl sites for hydroxylation is 1. The second-order valence-electron chi connectivity index (χ2n) is 6.37. The standard InChI is InChI=1S/C18H19ClN4O2S/c1-13-20-17-6-5-15(12-18(17)21-13)22-7-9-23(10-8-22)26(24,25)16-4-2-3-14(19)11-16/h2-6,11-12H,7-10H2,1H3,(H,20,21). The number of H-pyrrole nitrogens is 1. The van der Waals surface area contributed by atoms with Crippen molar-refractivity contribution in [3.63, 3.8) is 0 Å². The topological polar surface area (TPSA) is 69.3 Å². The minimum atomic E-state index is -3.52. The van der Waals surface area contributed by atoms with Crippen LogP contribution in [-0.2, 0) is 10.0 Å². The lowest BCUT2D eigenvalue weighted by atomic mass is 10.2. The van der Waals surface area contributed by atoms with Crippen molar-refractivity contribution in [1.29, 1.82) is 0 Å². The minimum absolute atomic E-state index is 0.243. The number of nitrogens with zero attached hydrogens (tertiary/aromatic N) is 3. The highest BCUT2D eigenvalue weighted by atomic mass is 35.5. The van der Waals surface area contributed by atoms with E-state index in [-0.39, 0.29) is 4.90 Å². The summed E-state index contributed by atoms with van der Waals surface area (Å²) in [5, 5.41) is 0.424. The molecule has 0 amide bonds. The summed E-state index contributed by atoms with van der Waals surface area (Å²) < 4.78 is 27.1. The zero-order valence-corrected chi connectivity index (χ0v) is 15.9. The molecule has 1 fully saturated rings. The predicted molar refractivity (Wildman–Crippen MR) is 103 cm³/mol. The highest BCUT2D eigenvalue weighted by molar-refractivity contribution is 7.89. The Bertz CT molecular complexity index is 1060. The maximum absolute atomic E-state index is 12.8. The van der Waals surface area contributed by atoms with Crippen LogP contribution in [0.15, 0.2) is 47.4 Å². The van der Waals surface area contributed by atoms with Gasteiger partial charge in [0.2, 0.25) is 10.0 Å². The number of aromatic amines is 1. The Labute approximate surface area is 157 Å². The van der Waals surface area contributed by atoms with Crippen molar-refractivity contribution in [2.75, 3.05) is 31.1 Å². The summed E-state index contributed by atoms with van der Waals surface area (Å²) in [6.07, 6.45) is 0. The lowest BCUT2D eigenvalue weighted by molar-refractivity contribution is 0.385. The first-order valence-corrected chi connectivity index (χ1v) is 10.2. The van der Waals surface area contributed by atoms with Crippen molar-refractivity contribution in [2.24, 2.45) is 0 Å². The van der Waals surface area contributed by atoms with Gasteiger partial charge in [0.05, 0.1) is 15.9 Å². The van der Waals surface area contributed by atoms with E-state index in [0.29, 0.717) is 31.2 Å². The Kier molecular flexibility index (Phi) is 4.38. The molecule has 0 saturated carbocycles. The number of benzene rings is 2. The van der Waals surface area contributed by atoms with Crippen LogP contribution < -0.4 is 4.90 Å². The molecule has 0 bridgehead atoms. The number of hydrogen-bond donors (Lipinski definition) is 1. The number of piperazine rings is 1. The highest BCUT2D eigenvalue weighted by Gasteiger charge is 2.28. The van der Waals surface area contributed by atoms with Crippen LogP contribution in [0.4, 0.5) is 5.69 Å². The van der Waals surface area contributed by atoms with E-state index in [4.69, 9.17) is 11.6 Å². The molecule has 1 aliphatic rings. The normalized spacial score (nSPS) is 16.3. The van der Waals surface area contributed by atoms with E-state index in [1.54, 1.807) is 18.2 Å². The fraction of sp³-hybridized carbons (Fsp3) is 0.278. The van der Waals surface area contributed by atoms with E-state index < -0.39 is 10.0 Å². The Balaban J connectivity index is 1.51. The molecule has 8 heteroatoms. The maximum atomic E-state index is 12.8. The summed E-state index contributed by atoms with van der Waals surface area (Å²) >= 11 is 5.94. The predicted octanol–water partition coefficient (Wildman–Crippen LogP) is 3.04. The van der Waals surface area contributed by atoms with Gasteiger partial charge in [0.1, 0.15) is 5.82 Å². The van der Waals surface area contributed by atoms with Crippen molar-refractivity contribution in [3.8, 4) is 0 Å². The van der Waals surface area contributed by atoms with Crippen molar-refractivity contribution >= 4 is 38.3 Å². The van der Waals surface area contributed by atoms with E-state index in [1.165, 1.54) is 10.4 Å². The summed E-state index contributed by atoms with van der Waals surface area (Å²) in [5.74, 6) is 0.884. The van der Waals surface area contributed by atoms with Crippen LogP contribution >= 0.6 is 11.6 Å². The van der Waals surface area contributed by atoms with Crippen molar-refractivity contribution in [2.45, 2.75) is 11.8 Å². The molecule has 0 atom stereocenters. The zero-order chi connectivity index (χ0) is 18.3. The van der Waals surface area contributed by atoms with E-state index in [2.05, 4.69) is 20.9 Å². The molecular weight excluding hydrogens is 372 g/mol. The fourth-order valence-electron chi connectivity index (χ4n) is 3.29. The third kappa shape index (κ3) is 3.18. The third-order valence-electron chi connectivity index (χ3n) is 4.62. The largest absolute Gasteiger partial charge is 0.369 e. The van der Waals surface area contributed by atoms with Gasteiger partial charge in [0.25, 0.3) is 0 Å². The molecule has 3 aromatic rings. The van der Waals surface area contributed by atoms with Gasteiger partial charge in [-0.05, 0) is 43.3 Å². The van der Waals surface area contributed by atoms with Gasteiger partial charge in [0, 0.05) is 36.9 Å². The smallest absolute Gasteiger partial charge is 0.243 e. The Morgan fingerprint density at radius 1 is 1.08 bits per heavy atom. The molecule has 0 unspecified atom stereocenters. The Morgan fingerprint density at radius 3 is 2.58 bits per heavy atom. The molecule has 1 aromatic heterocycles. The molecule has 0 spiro atoms. The second kappa shape index (κ2) is 6.57. The molecule has 4 rings (SSSR count). The first-order chi connectivity index (χ1) is 12.4. The molecule has 136 valence electrons. The first-order valence-electron chi connectivity index (χ1n) is 8.40. The number of hydrogen-bond acceptors (Lipinski definition) is 4. The van der Waals surface area contributed by atoms with Crippen LogP contribution in [0.2, 0.25) is 5.02 Å². The SMILES string of the molecule is Cc1nc2ccc(N3CCN(S(=O)(=O)c4cccc(Cl)c4)CC3)cc2[nH]1. The first kappa shape index (κ1) is 17.3. The van der Waals surface area contributed by atoms with Gasteiger partial charge in [-0.2, -0.15) is 4.31 Å². The second-order valence-corrected chi connectivity index (χ2v) is 8.75. The number of sulfonamides is 1. The Morgan fingerprint density at radius 2 is 1.85 bits per heavy atom. The molecular formula is C18H19ClN4O2S. The maximum Gasteiger partial charge on any atom is 0.243 e. The minimum Gasteiger partial charge on any atom is -0.369 e. The average Bonchev–Trinajstić information content (AvgIpc) is 3.01. The van der Waals surface area contributed by atoms with Crippen LogP contribution in [0.3, 0.4) is 0 Å². The lowest BCUT2D eigenvalue weighted by Gasteiger charge is -2.35. The third-order valence-corrected chi connectivity index (χ3v) is 6.75. The van der Waals surface area contributed by atoms with E-state index in [1.807, 2.05) is 19.1 Å². The van der Waals surface area contributed by atoms with Crippen LogP contribution in [-0.4, -0.2) is 48.9 Å². The summed E-state index contributed by atoms with van der Waals surface area (Å²) in [6, 6.07) is 12.5. The lowest BCUT2D eigenvalue weighted by Crippen LogP contribution is -2.48. The van der Waals surface area contributed by atoms with Crippen molar-refractivity contribution in [3.05, 3.63) is 53.3 Å². The number of imidazole rings is 1. The molecule has 0 aliphatic carbocycles.